The molecule has 0 aromatic carbocycles. The highest BCUT2D eigenvalue weighted by Gasteiger charge is 2.11. The van der Waals surface area contributed by atoms with E-state index in [1.54, 1.807) is 11.5 Å². The van der Waals surface area contributed by atoms with Crippen LogP contribution < -0.4 is 11.3 Å². The number of nitrogens with zero attached hydrogens (tertiary/aromatic N) is 4. The minimum absolute atomic E-state index is 0.00620. The average Bonchev–Trinajstić information content (AvgIpc) is 2.15. The molecule has 6 nitrogen and oxygen atoms in total. The van der Waals surface area contributed by atoms with Gasteiger partial charge in [0.1, 0.15) is 5.52 Å². The first-order valence-corrected chi connectivity index (χ1v) is 5.02. The topological polar surface area (TPSA) is 86.7 Å². The lowest BCUT2D eigenvalue weighted by molar-refractivity contribution is 0.592. The summed E-state index contributed by atoms with van der Waals surface area (Å²) in [5.41, 5.74) is 7.18. The van der Waals surface area contributed by atoms with Crippen LogP contribution in [0, 0.1) is 6.92 Å². The molecule has 0 aliphatic carbocycles. The van der Waals surface area contributed by atoms with Crippen LogP contribution in [0.4, 0.5) is 5.95 Å². The van der Waals surface area contributed by atoms with Gasteiger partial charge in [-0.05, 0) is 20.8 Å². The lowest BCUT2D eigenvalue weighted by atomic mass is 10.3. The maximum atomic E-state index is 11.7. The van der Waals surface area contributed by atoms with Crippen molar-refractivity contribution in [2.24, 2.45) is 0 Å². The molecule has 0 amide bonds. The van der Waals surface area contributed by atoms with Gasteiger partial charge in [0.05, 0.1) is 11.9 Å². The maximum Gasteiger partial charge on any atom is 0.270 e. The Morgan fingerprint density at radius 2 is 2.06 bits per heavy atom. The molecule has 0 aliphatic heterocycles. The summed E-state index contributed by atoms with van der Waals surface area (Å²) in [4.78, 5) is 23.9. The van der Waals surface area contributed by atoms with Crippen LogP contribution in [0.25, 0.3) is 11.2 Å². The van der Waals surface area contributed by atoms with E-state index in [9.17, 15) is 4.79 Å². The van der Waals surface area contributed by atoms with Gasteiger partial charge in [0.25, 0.3) is 5.56 Å². The third-order valence-corrected chi connectivity index (χ3v) is 2.34. The minimum Gasteiger partial charge on any atom is -0.368 e. The van der Waals surface area contributed by atoms with Gasteiger partial charge in [-0.15, -0.1) is 0 Å². The Kier molecular flexibility index (Phi) is 2.34. The SMILES string of the molecule is Cc1nc(N)nc2c1ncc(=O)n2C(C)C. The fourth-order valence-electron chi connectivity index (χ4n) is 1.68. The third-order valence-electron chi connectivity index (χ3n) is 2.34. The first-order valence-electron chi connectivity index (χ1n) is 5.02. The summed E-state index contributed by atoms with van der Waals surface area (Å²) in [5, 5.41) is 0. The molecule has 2 aromatic heterocycles. The summed E-state index contributed by atoms with van der Waals surface area (Å²) in [6.45, 7) is 5.62. The maximum absolute atomic E-state index is 11.7. The molecule has 2 rings (SSSR count). The zero-order valence-electron chi connectivity index (χ0n) is 9.43. The first-order chi connectivity index (χ1) is 7.50. The van der Waals surface area contributed by atoms with Gasteiger partial charge in [-0.1, -0.05) is 0 Å². The summed E-state index contributed by atoms with van der Waals surface area (Å²) in [7, 11) is 0. The predicted octanol–water partition coefficient (Wildman–Crippen LogP) is 0.658. The van der Waals surface area contributed by atoms with Crippen molar-refractivity contribution in [3.05, 3.63) is 22.2 Å². The van der Waals surface area contributed by atoms with Crippen LogP contribution in [0.2, 0.25) is 0 Å². The quantitative estimate of drug-likeness (QED) is 0.761. The molecule has 16 heavy (non-hydrogen) atoms. The molecular formula is C10H13N5O. The van der Waals surface area contributed by atoms with Crippen LogP contribution in [0.5, 0.6) is 0 Å². The van der Waals surface area contributed by atoms with E-state index in [0.717, 1.165) is 0 Å². The lowest BCUT2D eigenvalue weighted by Crippen LogP contribution is -2.23. The second kappa shape index (κ2) is 3.55. The average molecular weight is 219 g/mol. The summed E-state index contributed by atoms with van der Waals surface area (Å²) < 4.78 is 1.56. The third kappa shape index (κ3) is 1.52. The fraction of sp³-hybridized carbons (Fsp3) is 0.400. The summed E-state index contributed by atoms with van der Waals surface area (Å²) in [6, 6.07) is 0.00620. The fourth-order valence-corrected chi connectivity index (χ4v) is 1.68. The summed E-state index contributed by atoms with van der Waals surface area (Å²) >= 11 is 0. The molecule has 2 aromatic rings. The number of anilines is 1. The molecule has 84 valence electrons. The van der Waals surface area contributed by atoms with Gasteiger partial charge in [0.2, 0.25) is 5.95 Å². The van der Waals surface area contributed by atoms with Crippen molar-refractivity contribution < 1.29 is 0 Å². The number of rotatable bonds is 1. The van der Waals surface area contributed by atoms with Crippen molar-refractivity contribution in [3.63, 3.8) is 0 Å². The zero-order valence-corrected chi connectivity index (χ0v) is 9.43. The second-order valence-electron chi connectivity index (χ2n) is 3.90. The predicted molar refractivity (Wildman–Crippen MR) is 61.1 cm³/mol. The molecule has 0 atom stereocenters. The van der Waals surface area contributed by atoms with Crippen LogP contribution >= 0.6 is 0 Å². The van der Waals surface area contributed by atoms with Crippen LogP contribution in [-0.2, 0) is 0 Å². The van der Waals surface area contributed by atoms with Gasteiger partial charge in [0.15, 0.2) is 5.65 Å². The monoisotopic (exact) mass is 219 g/mol. The van der Waals surface area contributed by atoms with Crippen LogP contribution in [0.1, 0.15) is 25.6 Å². The molecule has 6 heteroatoms. The number of hydrogen-bond acceptors (Lipinski definition) is 5. The van der Waals surface area contributed by atoms with Crippen molar-refractivity contribution in [2.45, 2.75) is 26.8 Å². The zero-order chi connectivity index (χ0) is 11.9. The van der Waals surface area contributed by atoms with Crippen LogP contribution in [0.3, 0.4) is 0 Å². The molecule has 0 saturated carbocycles. The smallest absolute Gasteiger partial charge is 0.270 e. The molecule has 2 N–H and O–H groups in total. The molecule has 0 bridgehead atoms. The molecule has 0 fully saturated rings. The van der Waals surface area contributed by atoms with Crippen molar-refractivity contribution in [1.29, 1.82) is 0 Å². The largest absolute Gasteiger partial charge is 0.368 e. The van der Waals surface area contributed by atoms with Crippen molar-refractivity contribution in [3.8, 4) is 0 Å². The van der Waals surface area contributed by atoms with E-state index in [1.807, 2.05) is 13.8 Å². The minimum atomic E-state index is -0.181. The van der Waals surface area contributed by atoms with E-state index < -0.39 is 0 Å². The number of hydrogen-bond donors (Lipinski definition) is 1. The summed E-state index contributed by atoms with van der Waals surface area (Å²) in [5.74, 6) is 0.159. The molecule has 0 radical (unpaired) electrons. The normalized spacial score (nSPS) is 11.2. The molecule has 0 aliphatic rings. The number of fused-ring (bicyclic) bond motifs is 1. The lowest BCUT2D eigenvalue weighted by Gasteiger charge is -2.12. The Labute approximate surface area is 92.2 Å². The number of aryl methyl sites for hydroxylation is 1. The van der Waals surface area contributed by atoms with Gasteiger partial charge in [-0.25, -0.2) is 9.97 Å². The van der Waals surface area contributed by atoms with Gasteiger partial charge in [-0.3, -0.25) is 9.36 Å². The Hall–Kier alpha value is -1.98. The highest BCUT2D eigenvalue weighted by Crippen LogP contribution is 2.14. The Morgan fingerprint density at radius 3 is 2.69 bits per heavy atom. The number of aromatic nitrogens is 4. The van der Waals surface area contributed by atoms with Crippen LogP contribution in [-0.4, -0.2) is 19.5 Å². The molecular weight excluding hydrogens is 206 g/mol. The van der Waals surface area contributed by atoms with E-state index in [0.29, 0.717) is 16.9 Å². The molecule has 0 unspecified atom stereocenters. The standard InChI is InChI=1S/C10H13N5O/c1-5(2)15-7(16)4-12-8-6(3)13-10(11)14-9(8)15/h4-5H,1-3H3,(H2,11,13,14). The van der Waals surface area contributed by atoms with E-state index in [2.05, 4.69) is 15.0 Å². The highest BCUT2D eigenvalue weighted by atomic mass is 16.1. The van der Waals surface area contributed by atoms with Gasteiger partial charge in [0, 0.05) is 6.04 Å². The van der Waals surface area contributed by atoms with Crippen molar-refractivity contribution in [1.82, 2.24) is 19.5 Å². The molecule has 0 saturated heterocycles. The molecule has 2 heterocycles. The number of nitrogen functional groups attached to an aromatic ring is 1. The Morgan fingerprint density at radius 1 is 1.38 bits per heavy atom. The molecule has 0 spiro atoms. The van der Waals surface area contributed by atoms with Crippen molar-refractivity contribution in [2.75, 3.05) is 5.73 Å². The van der Waals surface area contributed by atoms with E-state index in [-0.39, 0.29) is 17.5 Å². The summed E-state index contributed by atoms with van der Waals surface area (Å²) in [6.07, 6.45) is 1.29. The second-order valence-corrected chi connectivity index (χ2v) is 3.90. The highest BCUT2D eigenvalue weighted by molar-refractivity contribution is 5.73. The van der Waals surface area contributed by atoms with Gasteiger partial charge < -0.3 is 5.73 Å². The van der Waals surface area contributed by atoms with Gasteiger partial charge >= 0.3 is 0 Å². The van der Waals surface area contributed by atoms with E-state index >= 15 is 0 Å². The Bertz CT molecular complexity index is 602. The van der Waals surface area contributed by atoms with Crippen LogP contribution in [0.15, 0.2) is 11.0 Å². The number of nitrogens with two attached hydrogens (primary N) is 1. The Balaban J connectivity index is 2.97. The van der Waals surface area contributed by atoms with E-state index in [1.165, 1.54) is 6.20 Å². The first kappa shape index (κ1) is 10.5. The van der Waals surface area contributed by atoms with Crippen molar-refractivity contribution >= 4 is 17.1 Å². The van der Waals surface area contributed by atoms with E-state index in [4.69, 9.17) is 5.73 Å². The van der Waals surface area contributed by atoms with Gasteiger partial charge in [-0.2, -0.15) is 4.98 Å².